The molecule has 28 heavy (non-hydrogen) atoms. The van der Waals surface area contributed by atoms with Gasteiger partial charge in [0.15, 0.2) is 0 Å². The molecule has 2 heterocycles. The fraction of sp³-hybridized carbons (Fsp3) is 0.182. The Labute approximate surface area is 163 Å². The molecular weight excluding hydrogens is 348 g/mol. The molecule has 6 heteroatoms. The number of hydrogen-bond donors (Lipinski definition) is 0. The zero-order chi connectivity index (χ0) is 19.2. The van der Waals surface area contributed by atoms with E-state index in [0.717, 1.165) is 33.2 Å². The van der Waals surface area contributed by atoms with Crippen LogP contribution in [0.5, 0.6) is 0 Å². The average Bonchev–Trinajstić information content (AvgIpc) is 2.74. The Kier molecular flexibility index (Phi) is 5.43. The van der Waals surface area contributed by atoms with Crippen LogP contribution in [0, 0.1) is 0 Å². The minimum absolute atomic E-state index is 0.414. The number of azide groups is 1. The zero-order valence-electron chi connectivity index (χ0n) is 15.4. The molecule has 0 aliphatic rings. The van der Waals surface area contributed by atoms with Gasteiger partial charge in [-0.2, -0.15) is 0 Å². The normalized spacial score (nSPS) is 11.0. The highest BCUT2D eigenvalue weighted by molar-refractivity contribution is 5.79. The Morgan fingerprint density at radius 3 is 1.82 bits per heavy atom. The molecule has 4 rings (SSSR count). The monoisotopic (exact) mass is 368 g/mol. The van der Waals surface area contributed by atoms with Crippen LogP contribution in [-0.2, 0) is 13.1 Å². The number of fused-ring (bicyclic) bond motifs is 2. The Hall–Kier alpha value is -3.47. The van der Waals surface area contributed by atoms with Crippen molar-refractivity contribution in [2.75, 3.05) is 13.1 Å². The number of rotatable bonds is 7. The number of aromatic nitrogens is 2. The third-order valence-corrected chi connectivity index (χ3v) is 4.66. The smallest absolute Gasteiger partial charge is 0.0705 e. The second-order valence-corrected chi connectivity index (χ2v) is 6.66. The first-order chi connectivity index (χ1) is 13.8. The van der Waals surface area contributed by atoms with Gasteiger partial charge in [-0.1, -0.05) is 53.6 Å². The maximum atomic E-state index is 8.61. The summed E-state index contributed by atoms with van der Waals surface area (Å²) >= 11 is 0. The van der Waals surface area contributed by atoms with E-state index in [4.69, 9.17) is 15.5 Å². The van der Waals surface area contributed by atoms with E-state index in [2.05, 4.69) is 51.3 Å². The third-order valence-electron chi connectivity index (χ3n) is 4.66. The number of nitrogens with zero attached hydrogens (tertiary/aromatic N) is 6. The van der Waals surface area contributed by atoms with Gasteiger partial charge in [0.25, 0.3) is 0 Å². The minimum atomic E-state index is 0.414. The maximum Gasteiger partial charge on any atom is 0.0705 e. The highest BCUT2D eigenvalue weighted by Crippen LogP contribution is 2.16. The number of pyridine rings is 2. The number of hydrogen-bond acceptors (Lipinski definition) is 4. The summed E-state index contributed by atoms with van der Waals surface area (Å²) in [6.45, 7) is 2.39. The van der Waals surface area contributed by atoms with Crippen LogP contribution < -0.4 is 0 Å². The minimum Gasteiger partial charge on any atom is -0.292 e. The summed E-state index contributed by atoms with van der Waals surface area (Å²) in [4.78, 5) is 14.6. The summed E-state index contributed by atoms with van der Waals surface area (Å²) in [5, 5.41) is 5.95. The summed E-state index contributed by atoms with van der Waals surface area (Å²) in [5.74, 6) is 0. The van der Waals surface area contributed by atoms with Crippen LogP contribution >= 0.6 is 0 Å². The van der Waals surface area contributed by atoms with Gasteiger partial charge >= 0.3 is 0 Å². The molecule has 0 saturated carbocycles. The highest BCUT2D eigenvalue weighted by Gasteiger charge is 2.10. The molecule has 0 unspecified atom stereocenters. The first kappa shape index (κ1) is 17.9. The molecule has 0 spiro atoms. The molecule has 0 aliphatic heterocycles. The summed E-state index contributed by atoms with van der Waals surface area (Å²) in [5.41, 5.74) is 12.6. The van der Waals surface area contributed by atoms with Crippen molar-refractivity contribution in [3.8, 4) is 0 Å². The van der Waals surface area contributed by atoms with Crippen LogP contribution in [0.1, 0.15) is 11.4 Å². The van der Waals surface area contributed by atoms with E-state index in [9.17, 15) is 0 Å². The lowest BCUT2D eigenvalue weighted by Crippen LogP contribution is -2.26. The SMILES string of the molecule is [N-]=[N+]=NCCN(Cc1ccc2ccccc2n1)Cc1ccc2ccccc2n1. The van der Waals surface area contributed by atoms with E-state index in [0.29, 0.717) is 26.2 Å². The Morgan fingerprint density at radius 2 is 1.29 bits per heavy atom. The van der Waals surface area contributed by atoms with Gasteiger partial charge in [-0.3, -0.25) is 14.9 Å². The van der Waals surface area contributed by atoms with Crippen molar-refractivity contribution >= 4 is 21.8 Å². The van der Waals surface area contributed by atoms with Gasteiger partial charge in [0.1, 0.15) is 0 Å². The van der Waals surface area contributed by atoms with Gasteiger partial charge in [-0.05, 0) is 29.8 Å². The van der Waals surface area contributed by atoms with Gasteiger partial charge in [-0.25, -0.2) is 0 Å². The molecular formula is C22H20N6. The second-order valence-electron chi connectivity index (χ2n) is 6.66. The molecule has 2 aromatic heterocycles. The predicted molar refractivity (Wildman–Crippen MR) is 112 cm³/mol. The van der Waals surface area contributed by atoms with Crippen LogP contribution in [0.2, 0.25) is 0 Å². The molecule has 0 atom stereocenters. The van der Waals surface area contributed by atoms with E-state index in [1.54, 1.807) is 0 Å². The zero-order valence-corrected chi connectivity index (χ0v) is 15.4. The first-order valence-corrected chi connectivity index (χ1v) is 9.24. The van der Waals surface area contributed by atoms with Gasteiger partial charge in [0.2, 0.25) is 0 Å². The van der Waals surface area contributed by atoms with E-state index in [-0.39, 0.29) is 0 Å². The lowest BCUT2D eigenvalue weighted by atomic mass is 10.2. The molecule has 138 valence electrons. The molecule has 0 bridgehead atoms. The lowest BCUT2D eigenvalue weighted by molar-refractivity contribution is 0.258. The van der Waals surface area contributed by atoms with Crippen molar-refractivity contribution in [3.63, 3.8) is 0 Å². The van der Waals surface area contributed by atoms with Gasteiger partial charge in [0, 0.05) is 41.9 Å². The molecule has 0 aliphatic carbocycles. The maximum absolute atomic E-state index is 8.61. The average molecular weight is 368 g/mol. The molecule has 4 aromatic rings. The van der Waals surface area contributed by atoms with Crippen molar-refractivity contribution < 1.29 is 0 Å². The Balaban J connectivity index is 1.56. The quantitative estimate of drug-likeness (QED) is 0.259. The second kappa shape index (κ2) is 8.48. The first-order valence-electron chi connectivity index (χ1n) is 9.24. The topological polar surface area (TPSA) is 77.8 Å². The standard InChI is InChI=1S/C22H20N6/c23-27-24-13-14-28(15-19-11-9-17-5-1-3-7-21(17)25-19)16-20-12-10-18-6-2-4-8-22(18)26-20/h1-12H,13-16H2. The Bertz CT molecular complexity index is 1070. The molecule has 0 amide bonds. The molecule has 0 radical (unpaired) electrons. The van der Waals surface area contributed by atoms with E-state index < -0.39 is 0 Å². The third kappa shape index (κ3) is 4.26. The fourth-order valence-corrected chi connectivity index (χ4v) is 3.30. The largest absolute Gasteiger partial charge is 0.292 e. The Morgan fingerprint density at radius 1 is 0.750 bits per heavy atom. The van der Waals surface area contributed by atoms with Crippen LogP contribution in [0.15, 0.2) is 77.9 Å². The highest BCUT2D eigenvalue weighted by atomic mass is 15.2. The van der Waals surface area contributed by atoms with Crippen molar-refractivity contribution in [3.05, 3.63) is 94.6 Å². The van der Waals surface area contributed by atoms with Gasteiger partial charge in [0.05, 0.1) is 22.4 Å². The summed E-state index contributed by atoms with van der Waals surface area (Å²) in [7, 11) is 0. The van der Waals surface area contributed by atoms with Crippen molar-refractivity contribution in [2.24, 2.45) is 5.11 Å². The van der Waals surface area contributed by atoms with Crippen LogP contribution in [0.25, 0.3) is 32.2 Å². The molecule has 6 nitrogen and oxygen atoms in total. The molecule has 2 aromatic carbocycles. The molecule has 0 fully saturated rings. The van der Waals surface area contributed by atoms with Crippen molar-refractivity contribution in [1.29, 1.82) is 0 Å². The van der Waals surface area contributed by atoms with E-state index in [1.807, 2.05) is 36.4 Å². The fourth-order valence-electron chi connectivity index (χ4n) is 3.30. The predicted octanol–water partition coefficient (Wildman–Crippen LogP) is 5.10. The molecule has 0 N–H and O–H groups in total. The van der Waals surface area contributed by atoms with Crippen molar-refractivity contribution in [2.45, 2.75) is 13.1 Å². The van der Waals surface area contributed by atoms with Crippen LogP contribution in [0.4, 0.5) is 0 Å². The van der Waals surface area contributed by atoms with E-state index >= 15 is 0 Å². The number of benzene rings is 2. The van der Waals surface area contributed by atoms with E-state index in [1.165, 1.54) is 0 Å². The summed E-state index contributed by atoms with van der Waals surface area (Å²) < 4.78 is 0. The summed E-state index contributed by atoms with van der Waals surface area (Å²) in [6, 6.07) is 24.5. The van der Waals surface area contributed by atoms with Gasteiger partial charge in [-0.15, -0.1) is 0 Å². The van der Waals surface area contributed by atoms with Crippen molar-refractivity contribution in [1.82, 2.24) is 14.9 Å². The summed E-state index contributed by atoms with van der Waals surface area (Å²) in [6.07, 6.45) is 0. The van der Waals surface area contributed by atoms with Crippen LogP contribution in [0.3, 0.4) is 0 Å². The molecule has 0 saturated heterocycles. The van der Waals surface area contributed by atoms with Gasteiger partial charge < -0.3 is 0 Å². The number of para-hydroxylation sites is 2. The lowest BCUT2D eigenvalue weighted by Gasteiger charge is -2.21. The van der Waals surface area contributed by atoms with Crippen LogP contribution in [-0.4, -0.2) is 28.0 Å².